The van der Waals surface area contributed by atoms with Gasteiger partial charge < -0.3 is 19.9 Å². The van der Waals surface area contributed by atoms with E-state index in [2.05, 4.69) is 10.1 Å². The number of alkyl carbamates (subject to hydrolysis) is 1. The van der Waals surface area contributed by atoms with Crippen molar-refractivity contribution in [2.45, 2.75) is 40.5 Å². The van der Waals surface area contributed by atoms with Gasteiger partial charge in [0.15, 0.2) is 0 Å². The van der Waals surface area contributed by atoms with Crippen molar-refractivity contribution >= 4 is 18.0 Å². The van der Waals surface area contributed by atoms with Gasteiger partial charge in [-0.2, -0.15) is 0 Å². The van der Waals surface area contributed by atoms with E-state index in [9.17, 15) is 14.4 Å². The minimum Gasteiger partial charge on any atom is -0.481 e. The van der Waals surface area contributed by atoms with Crippen LogP contribution in [0.2, 0.25) is 0 Å². The molecule has 0 aromatic carbocycles. The van der Waals surface area contributed by atoms with E-state index in [-0.39, 0.29) is 24.8 Å². The number of carbonyl (C=O) groups is 3. The van der Waals surface area contributed by atoms with Crippen molar-refractivity contribution in [2.24, 2.45) is 17.8 Å². The van der Waals surface area contributed by atoms with Crippen molar-refractivity contribution in [3.05, 3.63) is 0 Å². The molecule has 0 radical (unpaired) electrons. The number of amides is 1. The molecule has 0 heterocycles. The highest BCUT2D eigenvalue weighted by molar-refractivity contribution is 5.72. The lowest BCUT2D eigenvalue weighted by atomic mass is 9.94. The van der Waals surface area contributed by atoms with Crippen molar-refractivity contribution in [2.75, 3.05) is 13.3 Å². The lowest BCUT2D eigenvalue weighted by molar-refractivity contribution is -0.155. The van der Waals surface area contributed by atoms with Gasteiger partial charge in [-0.1, -0.05) is 27.7 Å². The molecule has 0 saturated heterocycles. The molecule has 0 aliphatic heterocycles. The zero-order chi connectivity index (χ0) is 16.4. The summed E-state index contributed by atoms with van der Waals surface area (Å²) < 4.78 is 9.38. The molecule has 0 aliphatic carbocycles. The molecule has 122 valence electrons. The van der Waals surface area contributed by atoms with Gasteiger partial charge in [0.25, 0.3) is 0 Å². The maximum Gasteiger partial charge on any atom is 0.410 e. The summed E-state index contributed by atoms with van der Waals surface area (Å²) in [5.74, 6) is -1.47. The van der Waals surface area contributed by atoms with Crippen LogP contribution >= 0.6 is 0 Å². The summed E-state index contributed by atoms with van der Waals surface area (Å²) in [7, 11) is 0. The molecule has 0 spiro atoms. The molecule has 0 bridgehead atoms. The maximum atomic E-state index is 11.4. The Hall–Kier alpha value is -1.79. The number of carbonyl (C=O) groups excluding carboxylic acids is 2. The number of rotatable bonds is 9. The highest BCUT2D eigenvalue weighted by Gasteiger charge is 2.16. The Morgan fingerprint density at radius 3 is 2.19 bits per heavy atom. The van der Waals surface area contributed by atoms with Crippen LogP contribution in [0.4, 0.5) is 4.79 Å². The van der Waals surface area contributed by atoms with Crippen LogP contribution in [0, 0.1) is 17.8 Å². The van der Waals surface area contributed by atoms with Gasteiger partial charge in [-0.3, -0.25) is 9.59 Å². The first-order valence-electron chi connectivity index (χ1n) is 7.01. The monoisotopic (exact) mass is 303 g/mol. The van der Waals surface area contributed by atoms with Gasteiger partial charge in [0.05, 0.1) is 5.92 Å². The topological polar surface area (TPSA) is 102 Å². The van der Waals surface area contributed by atoms with Crippen LogP contribution in [-0.2, 0) is 19.1 Å². The standard InChI is InChI=1S/C14H25NO6/c1-9(2)5-11(6-12(16)17)7-15-14(19)21-8-20-13(18)10(3)4/h9-11H,5-8H2,1-4H3,(H,15,19)(H,16,17)/t11-/m0/s1. The van der Waals surface area contributed by atoms with Crippen LogP contribution in [0.5, 0.6) is 0 Å². The largest absolute Gasteiger partial charge is 0.481 e. The Balaban J connectivity index is 4.01. The van der Waals surface area contributed by atoms with Crippen LogP contribution in [-0.4, -0.2) is 36.5 Å². The van der Waals surface area contributed by atoms with Gasteiger partial charge in [-0.25, -0.2) is 4.79 Å². The maximum absolute atomic E-state index is 11.4. The zero-order valence-corrected chi connectivity index (χ0v) is 13.0. The number of esters is 1. The van der Waals surface area contributed by atoms with Crippen molar-refractivity contribution < 1.29 is 29.0 Å². The van der Waals surface area contributed by atoms with E-state index < -0.39 is 24.8 Å². The van der Waals surface area contributed by atoms with E-state index in [4.69, 9.17) is 9.84 Å². The van der Waals surface area contributed by atoms with E-state index in [0.29, 0.717) is 12.3 Å². The molecule has 7 nitrogen and oxygen atoms in total. The minimum absolute atomic E-state index is 0.0131. The molecule has 0 rings (SSSR count). The fourth-order valence-corrected chi connectivity index (χ4v) is 1.74. The molecular formula is C14H25NO6. The third-order valence-corrected chi connectivity index (χ3v) is 2.67. The van der Waals surface area contributed by atoms with Gasteiger partial charge >= 0.3 is 18.0 Å². The van der Waals surface area contributed by atoms with Crippen LogP contribution in [0.15, 0.2) is 0 Å². The molecule has 0 saturated carbocycles. The first-order chi connectivity index (χ1) is 9.72. The first-order valence-corrected chi connectivity index (χ1v) is 7.01. The second-order valence-electron chi connectivity index (χ2n) is 5.64. The number of hydrogen-bond donors (Lipinski definition) is 2. The van der Waals surface area contributed by atoms with Crippen molar-refractivity contribution in [3.63, 3.8) is 0 Å². The molecule has 21 heavy (non-hydrogen) atoms. The number of carboxylic acid groups (broad SMARTS) is 1. The molecule has 0 aromatic heterocycles. The third-order valence-electron chi connectivity index (χ3n) is 2.67. The SMILES string of the molecule is CC(C)C[C@H](CNC(=O)OCOC(=O)C(C)C)CC(=O)O. The molecule has 1 amide bonds. The van der Waals surface area contributed by atoms with Gasteiger partial charge in [0, 0.05) is 13.0 Å². The number of aliphatic carboxylic acids is 1. The molecule has 0 aliphatic rings. The molecule has 7 heteroatoms. The molecule has 0 unspecified atom stereocenters. The molecular weight excluding hydrogens is 278 g/mol. The van der Waals surface area contributed by atoms with E-state index in [0.717, 1.165) is 0 Å². The van der Waals surface area contributed by atoms with Gasteiger partial charge in [-0.15, -0.1) is 0 Å². The number of nitrogens with one attached hydrogen (secondary N) is 1. The summed E-state index contributed by atoms with van der Waals surface area (Å²) in [5, 5.41) is 11.3. The first kappa shape index (κ1) is 19.2. The highest BCUT2D eigenvalue weighted by Crippen LogP contribution is 2.14. The minimum atomic E-state index is -0.901. The quantitative estimate of drug-likeness (QED) is 0.499. The normalized spacial score (nSPS) is 12.1. The predicted molar refractivity (Wildman–Crippen MR) is 75.5 cm³/mol. The average molecular weight is 303 g/mol. The summed E-state index contributed by atoms with van der Waals surface area (Å²) in [5.41, 5.74) is 0. The second kappa shape index (κ2) is 10.0. The van der Waals surface area contributed by atoms with Crippen LogP contribution in [0.3, 0.4) is 0 Å². The summed E-state index contributed by atoms with van der Waals surface area (Å²) in [6, 6.07) is 0. The lowest BCUT2D eigenvalue weighted by Crippen LogP contribution is -2.32. The highest BCUT2D eigenvalue weighted by atomic mass is 16.7. The zero-order valence-electron chi connectivity index (χ0n) is 13.0. The van der Waals surface area contributed by atoms with Crippen LogP contribution in [0.25, 0.3) is 0 Å². The third kappa shape index (κ3) is 10.6. The summed E-state index contributed by atoms with van der Waals surface area (Å²) >= 11 is 0. The summed E-state index contributed by atoms with van der Waals surface area (Å²) in [6.45, 7) is 7.07. The smallest absolute Gasteiger partial charge is 0.410 e. The van der Waals surface area contributed by atoms with E-state index in [1.54, 1.807) is 13.8 Å². The van der Waals surface area contributed by atoms with E-state index in [1.807, 2.05) is 13.8 Å². The van der Waals surface area contributed by atoms with Crippen molar-refractivity contribution in [1.82, 2.24) is 5.32 Å². The Bertz CT molecular complexity index is 353. The van der Waals surface area contributed by atoms with E-state index in [1.165, 1.54) is 0 Å². The van der Waals surface area contributed by atoms with Gasteiger partial charge in [0.1, 0.15) is 0 Å². The predicted octanol–water partition coefficient (Wildman–Crippen LogP) is 2.01. The Labute approximate surface area is 125 Å². The number of hydrogen-bond acceptors (Lipinski definition) is 5. The summed E-state index contributed by atoms with van der Waals surface area (Å²) in [4.78, 5) is 33.3. The molecule has 2 N–H and O–H groups in total. The lowest BCUT2D eigenvalue weighted by Gasteiger charge is -2.17. The summed E-state index contributed by atoms with van der Waals surface area (Å²) in [6.07, 6.45) is -0.0545. The number of ether oxygens (including phenoxy) is 2. The fraction of sp³-hybridized carbons (Fsp3) is 0.786. The van der Waals surface area contributed by atoms with Crippen LogP contribution < -0.4 is 5.32 Å². The molecule has 0 fully saturated rings. The second-order valence-corrected chi connectivity index (χ2v) is 5.64. The van der Waals surface area contributed by atoms with Gasteiger partial charge in [-0.05, 0) is 18.3 Å². The Morgan fingerprint density at radius 2 is 1.71 bits per heavy atom. The molecule has 0 aromatic rings. The van der Waals surface area contributed by atoms with E-state index >= 15 is 0 Å². The van der Waals surface area contributed by atoms with Crippen molar-refractivity contribution in [1.29, 1.82) is 0 Å². The van der Waals surface area contributed by atoms with Gasteiger partial charge in [0.2, 0.25) is 6.79 Å². The average Bonchev–Trinajstić information content (AvgIpc) is 2.34. The Morgan fingerprint density at radius 1 is 1.10 bits per heavy atom. The van der Waals surface area contributed by atoms with Crippen molar-refractivity contribution in [3.8, 4) is 0 Å². The van der Waals surface area contributed by atoms with Crippen LogP contribution in [0.1, 0.15) is 40.5 Å². The Kier molecular flexibility index (Phi) is 9.16. The fourth-order valence-electron chi connectivity index (χ4n) is 1.74. The molecule has 1 atom stereocenters. The number of carboxylic acids is 1.